The quantitative estimate of drug-likeness (QED) is 0.320. The van der Waals surface area contributed by atoms with Gasteiger partial charge in [-0.3, -0.25) is 4.99 Å². The summed E-state index contributed by atoms with van der Waals surface area (Å²) in [6.07, 6.45) is 2.75. The van der Waals surface area contributed by atoms with Crippen LogP contribution in [0, 0.1) is 0 Å². The molecule has 7 heteroatoms. The Balaban J connectivity index is 0.00000364. The van der Waals surface area contributed by atoms with Crippen molar-refractivity contribution in [2.24, 2.45) is 4.99 Å². The van der Waals surface area contributed by atoms with E-state index in [1.165, 1.54) is 5.56 Å². The zero-order chi connectivity index (χ0) is 18.8. The molecule has 0 saturated heterocycles. The van der Waals surface area contributed by atoms with E-state index in [1.807, 2.05) is 0 Å². The second-order valence-corrected chi connectivity index (χ2v) is 6.78. The van der Waals surface area contributed by atoms with Gasteiger partial charge >= 0.3 is 0 Å². The van der Waals surface area contributed by atoms with Crippen LogP contribution < -0.4 is 10.6 Å². The third-order valence-corrected chi connectivity index (χ3v) is 4.03. The number of benzene rings is 1. The van der Waals surface area contributed by atoms with Crippen molar-refractivity contribution in [3.8, 4) is 0 Å². The highest BCUT2D eigenvalue weighted by atomic mass is 127. The molecule has 1 aromatic carbocycles. The summed E-state index contributed by atoms with van der Waals surface area (Å²) in [5.41, 5.74) is 1.36. The van der Waals surface area contributed by atoms with Gasteiger partial charge < -0.3 is 15.2 Å². The standard InChI is InChI=1S/C20H31N5O.HI/c1-5-21-20(22-14-13-18-24-19(15(2)3)25-26-18)23-16(4)11-12-17-9-7-6-8-10-17;/h6-10,15-16H,5,11-14H2,1-4H3,(H2,21,22,23);1H. The predicted molar refractivity (Wildman–Crippen MR) is 121 cm³/mol. The number of aryl methyl sites for hydroxylation is 1. The van der Waals surface area contributed by atoms with Crippen LogP contribution in [0.2, 0.25) is 0 Å². The van der Waals surface area contributed by atoms with Crippen LogP contribution in [0.1, 0.15) is 57.3 Å². The van der Waals surface area contributed by atoms with Crippen LogP contribution in [0.5, 0.6) is 0 Å². The van der Waals surface area contributed by atoms with Gasteiger partial charge in [0.25, 0.3) is 0 Å². The molecule has 27 heavy (non-hydrogen) atoms. The van der Waals surface area contributed by atoms with Crippen molar-refractivity contribution in [3.63, 3.8) is 0 Å². The summed E-state index contributed by atoms with van der Waals surface area (Å²) in [5, 5.41) is 10.7. The first-order valence-corrected chi connectivity index (χ1v) is 9.49. The predicted octanol–water partition coefficient (Wildman–Crippen LogP) is 3.93. The number of rotatable bonds is 9. The molecule has 0 aliphatic heterocycles. The van der Waals surface area contributed by atoms with Crippen LogP contribution in [0.25, 0.3) is 0 Å². The van der Waals surface area contributed by atoms with Crippen LogP contribution in [-0.2, 0) is 12.8 Å². The molecule has 2 aromatic rings. The zero-order valence-corrected chi connectivity index (χ0v) is 19.1. The third kappa shape index (κ3) is 8.73. The molecule has 1 aromatic heterocycles. The summed E-state index contributed by atoms with van der Waals surface area (Å²) < 4.78 is 5.27. The van der Waals surface area contributed by atoms with Crippen molar-refractivity contribution in [1.29, 1.82) is 0 Å². The summed E-state index contributed by atoms with van der Waals surface area (Å²) in [6.45, 7) is 9.80. The van der Waals surface area contributed by atoms with Crippen molar-refractivity contribution in [2.75, 3.05) is 13.1 Å². The maximum Gasteiger partial charge on any atom is 0.228 e. The Bertz CT molecular complexity index is 672. The minimum Gasteiger partial charge on any atom is -0.357 e. The van der Waals surface area contributed by atoms with Crippen LogP contribution in [0.15, 0.2) is 39.8 Å². The first kappa shape index (κ1) is 23.4. The Hall–Kier alpha value is -1.64. The largest absolute Gasteiger partial charge is 0.357 e. The maximum atomic E-state index is 5.27. The fourth-order valence-corrected chi connectivity index (χ4v) is 2.52. The Labute approximate surface area is 179 Å². The van der Waals surface area contributed by atoms with E-state index in [4.69, 9.17) is 4.52 Å². The third-order valence-electron chi connectivity index (χ3n) is 4.03. The lowest BCUT2D eigenvalue weighted by atomic mass is 10.1. The van der Waals surface area contributed by atoms with Crippen molar-refractivity contribution in [3.05, 3.63) is 47.6 Å². The molecule has 2 N–H and O–H groups in total. The molecule has 0 radical (unpaired) electrons. The normalized spacial score (nSPS) is 12.6. The van der Waals surface area contributed by atoms with Gasteiger partial charge in [-0.15, -0.1) is 24.0 Å². The molecular weight excluding hydrogens is 453 g/mol. The van der Waals surface area contributed by atoms with Gasteiger partial charge in [-0.25, -0.2) is 0 Å². The van der Waals surface area contributed by atoms with E-state index in [0.717, 1.165) is 31.2 Å². The fraction of sp³-hybridized carbons (Fsp3) is 0.550. The molecule has 0 saturated carbocycles. The minimum atomic E-state index is 0. The van der Waals surface area contributed by atoms with Gasteiger partial charge in [-0.1, -0.05) is 49.3 Å². The van der Waals surface area contributed by atoms with E-state index in [2.05, 4.69) is 83.8 Å². The minimum absolute atomic E-state index is 0. The molecule has 0 bridgehead atoms. The number of nitrogens with one attached hydrogen (secondary N) is 2. The summed E-state index contributed by atoms with van der Waals surface area (Å²) in [6, 6.07) is 10.9. The van der Waals surface area contributed by atoms with E-state index >= 15 is 0 Å². The lowest BCUT2D eigenvalue weighted by Gasteiger charge is -2.17. The van der Waals surface area contributed by atoms with E-state index in [1.54, 1.807) is 0 Å². The number of aromatic nitrogens is 2. The first-order valence-electron chi connectivity index (χ1n) is 9.49. The zero-order valence-electron chi connectivity index (χ0n) is 16.7. The van der Waals surface area contributed by atoms with Crippen molar-refractivity contribution in [2.45, 2.75) is 58.9 Å². The molecule has 0 aliphatic carbocycles. The Morgan fingerprint density at radius 3 is 2.52 bits per heavy atom. The highest BCUT2D eigenvalue weighted by Gasteiger charge is 2.10. The summed E-state index contributed by atoms with van der Waals surface area (Å²) in [4.78, 5) is 9.01. The Morgan fingerprint density at radius 1 is 1.15 bits per heavy atom. The fourth-order valence-electron chi connectivity index (χ4n) is 2.52. The molecule has 2 rings (SSSR count). The van der Waals surface area contributed by atoms with Crippen LogP contribution in [0.3, 0.4) is 0 Å². The van der Waals surface area contributed by atoms with Gasteiger partial charge in [-0.2, -0.15) is 4.98 Å². The molecule has 1 unspecified atom stereocenters. The van der Waals surface area contributed by atoms with Crippen LogP contribution in [0.4, 0.5) is 0 Å². The molecule has 1 heterocycles. The number of aliphatic imine (C=N–C) groups is 1. The van der Waals surface area contributed by atoms with Gasteiger partial charge in [0, 0.05) is 24.9 Å². The monoisotopic (exact) mass is 485 g/mol. The first-order chi connectivity index (χ1) is 12.6. The highest BCUT2D eigenvalue weighted by Crippen LogP contribution is 2.10. The highest BCUT2D eigenvalue weighted by molar-refractivity contribution is 14.0. The number of halogens is 1. The average Bonchev–Trinajstić information content (AvgIpc) is 3.10. The lowest BCUT2D eigenvalue weighted by Crippen LogP contribution is -2.42. The van der Waals surface area contributed by atoms with Crippen molar-refractivity contribution < 1.29 is 4.52 Å². The molecule has 0 aliphatic rings. The second kappa shape index (κ2) is 12.7. The molecule has 1 atom stereocenters. The van der Waals surface area contributed by atoms with Gasteiger partial charge in [0.15, 0.2) is 11.8 Å². The molecule has 150 valence electrons. The Morgan fingerprint density at radius 2 is 1.89 bits per heavy atom. The molecular formula is C20H32IN5O. The van der Waals surface area contributed by atoms with E-state index in [0.29, 0.717) is 24.9 Å². The van der Waals surface area contributed by atoms with Crippen molar-refractivity contribution in [1.82, 2.24) is 20.8 Å². The van der Waals surface area contributed by atoms with E-state index in [-0.39, 0.29) is 29.9 Å². The van der Waals surface area contributed by atoms with E-state index in [9.17, 15) is 0 Å². The van der Waals surface area contributed by atoms with Gasteiger partial charge in [-0.05, 0) is 32.3 Å². The SMILES string of the molecule is CCNC(=NCCc1nc(C(C)C)no1)NC(C)CCc1ccccc1.I. The molecule has 6 nitrogen and oxygen atoms in total. The number of nitrogens with zero attached hydrogens (tertiary/aromatic N) is 3. The summed E-state index contributed by atoms with van der Waals surface area (Å²) in [7, 11) is 0. The summed E-state index contributed by atoms with van der Waals surface area (Å²) in [5.74, 6) is 2.51. The maximum absolute atomic E-state index is 5.27. The summed E-state index contributed by atoms with van der Waals surface area (Å²) >= 11 is 0. The van der Waals surface area contributed by atoms with Crippen LogP contribution in [-0.4, -0.2) is 35.2 Å². The smallest absolute Gasteiger partial charge is 0.228 e. The number of hydrogen-bond acceptors (Lipinski definition) is 4. The number of guanidine groups is 1. The van der Waals surface area contributed by atoms with Gasteiger partial charge in [0.1, 0.15) is 0 Å². The topological polar surface area (TPSA) is 75.3 Å². The Kier molecular flexibility index (Phi) is 11.0. The molecule has 0 fully saturated rings. The second-order valence-electron chi connectivity index (χ2n) is 6.78. The van der Waals surface area contributed by atoms with E-state index < -0.39 is 0 Å². The molecule has 0 amide bonds. The van der Waals surface area contributed by atoms with Gasteiger partial charge in [0.05, 0.1) is 6.54 Å². The number of hydrogen-bond donors (Lipinski definition) is 2. The van der Waals surface area contributed by atoms with Crippen LogP contribution >= 0.6 is 24.0 Å². The van der Waals surface area contributed by atoms with Gasteiger partial charge in [0.2, 0.25) is 5.89 Å². The van der Waals surface area contributed by atoms with Crippen molar-refractivity contribution >= 4 is 29.9 Å². The molecule has 0 spiro atoms. The average molecular weight is 485 g/mol. The lowest BCUT2D eigenvalue weighted by molar-refractivity contribution is 0.372.